The monoisotopic (exact) mass is 479 g/mol. The molecule has 0 saturated heterocycles. The van der Waals surface area contributed by atoms with Crippen LogP contribution >= 0.6 is 11.8 Å². The van der Waals surface area contributed by atoms with Gasteiger partial charge in [0.2, 0.25) is 11.1 Å². The smallest absolute Gasteiger partial charge is 0.325 e. The van der Waals surface area contributed by atoms with Crippen molar-refractivity contribution in [3.05, 3.63) is 64.4 Å². The molecule has 1 aliphatic heterocycles. The van der Waals surface area contributed by atoms with E-state index in [4.69, 9.17) is 9.84 Å². The highest BCUT2D eigenvalue weighted by Crippen LogP contribution is 2.37. The predicted molar refractivity (Wildman–Crippen MR) is 134 cm³/mol. The summed E-state index contributed by atoms with van der Waals surface area (Å²) in [6.45, 7) is 7.66. The minimum Gasteiger partial charge on any atom is -0.491 e. The summed E-state index contributed by atoms with van der Waals surface area (Å²) in [5.41, 5.74) is 2.45. The highest BCUT2D eigenvalue weighted by Gasteiger charge is 2.44. The maximum absolute atomic E-state index is 13.3. The highest BCUT2D eigenvalue weighted by molar-refractivity contribution is 7.99. The number of benzene rings is 2. The Kier molecular flexibility index (Phi) is 7.36. The standard InChI is InChI=1S/C26H30N4O3S/c1-5-6-9-16-34-26-27-24(32)23-21-10-7-8-11-22(21)29(18(4)31)25(30(23)28-26)19-12-14-20(15-13-19)33-17(2)3/h7-8,10-15,17,25H,5-6,9,16H2,1-4H3/p+1/t25-/m1/s1. The van der Waals surface area contributed by atoms with Crippen LogP contribution in [0, 0.1) is 0 Å². The fraction of sp³-hybridized carbons (Fsp3) is 0.385. The Morgan fingerprint density at radius 1 is 1.18 bits per heavy atom. The first kappa shape index (κ1) is 24.0. The number of rotatable bonds is 8. The van der Waals surface area contributed by atoms with E-state index in [0.717, 1.165) is 36.3 Å². The third kappa shape index (κ3) is 4.87. The van der Waals surface area contributed by atoms with E-state index >= 15 is 0 Å². The lowest BCUT2D eigenvalue weighted by Gasteiger charge is -2.31. The lowest BCUT2D eigenvalue weighted by Crippen LogP contribution is -2.60. The number of carbonyl (C=O) groups is 1. The van der Waals surface area contributed by atoms with Gasteiger partial charge in [0.1, 0.15) is 5.75 Å². The van der Waals surface area contributed by atoms with Gasteiger partial charge in [0.05, 0.1) is 17.4 Å². The Labute approximate surface area is 204 Å². The van der Waals surface area contributed by atoms with E-state index in [1.165, 1.54) is 11.8 Å². The molecule has 3 aromatic rings. The molecule has 0 unspecified atom stereocenters. The van der Waals surface area contributed by atoms with E-state index in [2.05, 4.69) is 11.9 Å². The molecule has 7 nitrogen and oxygen atoms in total. The summed E-state index contributed by atoms with van der Waals surface area (Å²) < 4.78 is 7.50. The molecule has 0 radical (unpaired) electrons. The number of H-pyrrole nitrogens is 1. The summed E-state index contributed by atoms with van der Waals surface area (Å²) in [5, 5.41) is 5.38. The number of amides is 1. The van der Waals surface area contributed by atoms with E-state index in [1.54, 1.807) is 16.5 Å². The minimum absolute atomic E-state index is 0.0590. The molecule has 1 aromatic heterocycles. The van der Waals surface area contributed by atoms with Crippen molar-refractivity contribution in [2.75, 3.05) is 10.7 Å². The van der Waals surface area contributed by atoms with Crippen molar-refractivity contribution in [2.24, 2.45) is 0 Å². The summed E-state index contributed by atoms with van der Waals surface area (Å²) >= 11 is 1.53. The molecule has 8 heteroatoms. The van der Waals surface area contributed by atoms with Gasteiger partial charge in [-0.05, 0) is 61.3 Å². The number of para-hydroxylation sites is 1. The third-order valence-electron chi connectivity index (χ3n) is 5.63. The van der Waals surface area contributed by atoms with E-state index < -0.39 is 6.17 Å². The van der Waals surface area contributed by atoms with Crippen molar-refractivity contribution in [3.63, 3.8) is 0 Å². The van der Waals surface area contributed by atoms with Crippen LogP contribution in [0.15, 0.2) is 58.5 Å². The first-order valence-electron chi connectivity index (χ1n) is 11.8. The zero-order valence-electron chi connectivity index (χ0n) is 20.1. The van der Waals surface area contributed by atoms with Crippen LogP contribution in [-0.4, -0.2) is 27.8 Å². The number of fused-ring (bicyclic) bond motifs is 3. The van der Waals surface area contributed by atoms with Crippen LogP contribution in [-0.2, 0) is 4.79 Å². The number of carbonyl (C=O) groups excluding carboxylic acids is 1. The molecule has 0 aliphatic carbocycles. The van der Waals surface area contributed by atoms with Gasteiger partial charge in [-0.1, -0.05) is 43.7 Å². The molecule has 34 heavy (non-hydrogen) atoms. The first-order chi connectivity index (χ1) is 16.4. The lowest BCUT2D eigenvalue weighted by molar-refractivity contribution is -0.763. The van der Waals surface area contributed by atoms with Gasteiger partial charge in [-0.15, -0.1) is 0 Å². The summed E-state index contributed by atoms with van der Waals surface area (Å²) in [6, 6.07) is 15.1. The molecule has 1 aliphatic rings. The van der Waals surface area contributed by atoms with Gasteiger partial charge in [0.25, 0.3) is 6.17 Å². The Morgan fingerprint density at radius 2 is 1.91 bits per heavy atom. The average Bonchev–Trinajstić information content (AvgIpc) is 2.81. The van der Waals surface area contributed by atoms with Crippen molar-refractivity contribution in [3.8, 4) is 17.0 Å². The molecular weight excluding hydrogens is 448 g/mol. The second-order valence-corrected chi connectivity index (χ2v) is 9.71. The summed E-state index contributed by atoms with van der Waals surface area (Å²) in [6.07, 6.45) is 2.78. The normalized spacial score (nSPS) is 14.6. The Bertz CT molecular complexity index is 1220. The van der Waals surface area contributed by atoms with Gasteiger partial charge in [-0.25, -0.2) is 4.90 Å². The maximum atomic E-state index is 13.3. The van der Waals surface area contributed by atoms with Crippen molar-refractivity contribution >= 4 is 23.4 Å². The molecule has 0 fully saturated rings. The largest absolute Gasteiger partial charge is 0.491 e. The number of unbranched alkanes of at least 4 members (excludes halogenated alkanes) is 2. The molecule has 1 N–H and O–H groups in total. The summed E-state index contributed by atoms with van der Waals surface area (Å²) in [7, 11) is 0. The van der Waals surface area contributed by atoms with Crippen LogP contribution < -0.4 is 19.9 Å². The number of ether oxygens (including phenoxy) is 1. The molecule has 178 valence electrons. The van der Waals surface area contributed by atoms with Gasteiger partial charge < -0.3 is 4.74 Å². The van der Waals surface area contributed by atoms with E-state index in [-0.39, 0.29) is 17.6 Å². The Morgan fingerprint density at radius 3 is 2.59 bits per heavy atom. The summed E-state index contributed by atoms with van der Waals surface area (Å²) in [4.78, 5) is 30.9. The van der Waals surface area contributed by atoms with E-state index in [0.29, 0.717) is 22.1 Å². The summed E-state index contributed by atoms with van der Waals surface area (Å²) in [5.74, 6) is 1.49. The number of anilines is 1. The van der Waals surface area contributed by atoms with Crippen molar-refractivity contribution in [1.29, 1.82) is 0 Å². The zero-order valence-corrected chi connectivity index (χ0v) is 20.9. The van der Waals surface area contributed by atoms with Crippen LogP contribution in [0.4, 0.5) is 5.69 Å². The number of hydrogen-bond acceptors (Lipinski definition) is 5. The molecule has 1 amide bonds. The van der Waals surface area contributed by atoms with Gasteiger partial charge in [-0.3, -0.25) is 14.6 Å². The first-order valence-corrected chi connectivity index (χ1v) is 12.7. The topological polar surface area (TPSA) is 79.2 Å². The molecule has 2 heterocycles. The third-order valence-corrected chi connectivity index (χ3v) is 6.58. The number of thioether (sulfide) groups is 1. The average molecular weight is 480 g/mol. The van der Waals surface area contributed by atoms with E-state index in [1.807, 2.05) is 62.4 Å². The van der Waals surface area contributed by atoms with E-state index in [9.17, 15) is 9.59 Å². The van der Waals surface area contributed by atoms with Crippen LogP contribution in [0.25, 0.3) is 11.3 Å². The molecule has 2 aromatic carbocycles. The molecule has 4 rings (SSSR count). The predicted octanol–water partition coefficient (Wildman–Crippen LogP) is 4.71. The Balaban J connectivity index is 1.85. The van der Waals surface area contributed by atoms with Crippen molar-refractivity contribution in [1.82, 2.24) is 10.1 Å². The minimum atomic E-state index is -0.590. The molecule has 0 bridgehead atoms. The van der Waals surface area contributed by atoms with Gasteiger partial charge in [-0.2, -0.15) is 0 Å². The fourth-order valence-corrected chi connectivity index (χ4v) is 5.04. The lowest BCUT2D eigenvalue weighted by atomic mass is 10.0. The van der Waals surface area contributed by atoms with Crippen LogP contribution in [0.3, 0.4) is 0 Å². The number of aromatic nitrogens is 3. The fourth-order valence-electron chi connectivity index (χ4n) is 4.19. The second-order valence-electron chi connectivity index (χ2n) is 8.62. The quantitative estimate of drug-likeness (QED) is 0.288. The molecule has 1 atom stereocenters. The van der Waals surface area contributed by atoms with Crippen molar-refractivity contribution in [2.45, 2.75) is 64.4 Å². The van der Waals surface area contributed by atoms with Crippen molar-refractivity contribution < 1.29 is 14.2 Å². The van der Waals surface area contributed by atoms with Gasteiger partial charge in [0, 0.05) is 23.3 Å². The second kappa shape index (κ2) is 10.4. The van der Waals surface area contributed by atoms with Gasteiger partial charge in [0.15, 0.2) is 0 Å². The molecule has 0 spiro atoms. The molecular formula is C26H31N4O3S+. The molecule has 0 saturated carbocycles. The van der Waals surface area contributed by atoms with Crippen LogP contribution in [0.1, 0.15) is 58.7 Å². The number of hydrogen-bond donors (Lipinski definition) is 1. The highest BCUT2D eigenvalue weighted by atomic mass is 32.2. The maximum Gasteiger partial charge on any atom is 0.325 e. The number of nitrogens with one attached hydrogen (secondary N) is 1. The van der Waals surface area contributed by atoms with Crippen LogP contribution in [0.2, 0.25) is 0 Å². The van der Waals surface area contributed by atoms with Crippen LogP contribution in [0.5, 0.6) is 5.75 Å². The number of nitrogens with zero attached hydrogens (tertiary/aromatic N) is 3. The zero-order chi connectivity index (χ0) is 24.2. The number of aromatic amines is 1. The Hall–Kier alpha value is -3.13. The SMILES string of the molecule is CCCCCSc1n[n+]2c(c(=O)[nH]1)-c1ccccc1N(C(C)=O)[C@H]2c1ccc(OC(C)C)cc1. The van der Waals surface area contributed by atoms with Gasteiger partial charge >= 0.3 is 11.3 Å².